The van der Waals surface area contributed by atoms with E-state index in [1.54, 1.807) is 24.3 Å². The zero-order valence-electron chi connectivity index (χ0n) is 9.83. The van der Waals surface area contributed by atoms with E-state index in [0.29, 0.717) is 24.2 Å². The molecule has 0 saturated carbocycles. The highest BCUT2D eigenvalue weighted by atomic mass is 35.5. The maximum Gasteiger partial charge on any atom is 0.254 e. The van der Waals surface area contributed by atoms with Crippen LogP contribution in [0.5, 0.6) is 0 Å². The molecule has 1 aliphatic rings. The molecule has 2 rings (SSSR count). The molecule has 0 aromatic heterocycles. The second-order valence-corrected chi connectivity index (χ2v) is 4.18. The SMILES string of the molecule is Cl.NC(=O)C1CCCN1C(=O)c1cccc(N)c1. The summed E-state index contributed by atoms with van der Waals surface area (Å²) in [5.41, 5.74) is 11.9. The van der Waals surface area contributed by atoms with Crippen molar-refractivity contribution in [2.45, 2.75) is 18.9 Å². The number of amides is 2. The average molecular weight is 270 g/mol. The molecule has 1 aromatic carbocycles. The summed E-state index contributed by atoms with van der Waals surface area (Å²) in [6.45, 7) is 0.571. The first kappa shape index (κ1) is 14.3. The monoisotopic (exact) mass is 269 g/mol. The van der Waals surface area contributed by atoms with E-state index < -0.39 is 11.9 Å². The van der Waals surface area contributed by atoms with E-state index in [4.69, 9.17) is 11.5 Å². The second-order valence-electron chi connectivity index (χ2n) is 4.18. The lowest BCUT2D eigenvalue weighted by atomic mass is 10.1. The van der Waals surface area contributed by atoms with Crippen molar-refractivity contribution in [2.24, 2.45) is 5.73 Å². The fourth-order valence-corrected chi connectivity index (χ4v) is 2.14. The molecule has 1 fully saturated rings. The minimum Gasteiger partial charge on any atom is -0.399 e. The van der Waals surface area contributed by atoms with Crippen LogP contribution >= 0.6 is 12.4 Å². The van der Waals surface area contributed by atoms with Crippen molar-refractivity contribution in [1.29, 1.82) is 0 Å². The van der Waals surface area contributed by atoms with Crippen LogP contribution in [0.25, 0.3) is 0 Å². The number of primary amides is 1. The van der Waals surface area contributed by atoms with Gasteiger partial charge in [0.05, 0.1) is 0 Å². The maximum absolute atomic E-state index is 12.2. The van der Waals surface area contributed by atoms with Crippen LogP contribution in [-0.2, 0) is 4.79 Å². The molecule has 6 heteroatoms. The number of nitrogen functional groups attached to an aromatic ring is 1. The molecule has 98 valence electrons. The molecule has 0 aliphatic carbocycles. The number of rotatable bonds is 2. The Balaban J connectivity index is 0.00000162. The molecule has 1 aromatic rings. The largest absolute Gasteiger partial charge is 0.399 e. The van der Waals surface area contributed by atoms with Crippen molar-refractivity contribution in [3.05, 3.63) is 29.8 Å². The summed E-state index contributed by atoms with van der Waals surface area (Å²) in [6, 6.07) is 6.25. The third kappa shape index (κ3) is 2.73. The van der Waals surface area contributed by atoms with Crippen molar-refractivity contribution in [3.63, 3.8) is 0 Å². The fraction of sp³-hybridized carbons (Fsp3) is 0.333. The minimum absolute atomic E-state index is 0. The summed E-state index contributed by atoms with van der Waals surface area (Å²) in [6.07, 6.45) is 1.45. The van der Waals surface area contributed by atoms with Gasteiger partial charge in [-0.1, -0.05) is 6.07 Å². The van der Waals surface area contributed by atoms with Crippen LogP contribution in [0, 0.1) is 0 Å². The molecule has 1 heterocycles. The highest BCUT2D eigenvalue weighted by Crippen LogP contribution is 2.20. The number of carbonyl (C=O) groups is 2. The van der Waals surface area contributed by atoms with Gasteiger partial charge in [-0.05, 0) is 31.0 Å². The Morgan fingerprint density at radius 2 is 2.06 bits per heavy atom. The smallest absolute Gasteiger partial charge is 0.254 e. The zero-order valence-corrected chi connectivity index (χ0v) is 10.7. The summed E-state index contributed by atoms with van der Waals surface area (Å²) >= 11 is 0. The lowest BCUT2D eigenvalue weighted by Crippen LogP contribution is -2.43. The Morgan fingerprint density at radius 1 is 1.33 bits per heavy atom. The summed E-state index contributed by atoms with van der Waals surface area (Å²) in [7, 11) is 0. The summed E-state index contributed by atoms with van der Waals surface area (Å²) in [5, 5.41) is 0. The standard InChI is InChI=1S/C12H15N3O2.ClH/c13-9-4-1-3-8(7-9)12(17)15-6-2-5-10(15)11(14)16;/h1,3-4,7,10H,2,5-6,13H2,(H2,14,16);1H. The topological polar surface area (TPSA) is 89.4 Å². The van der Waals surface area contributed by atoms with Crippen molar-refractivity contribution in [2.75, 3.05) is 12.3 Å². The number of likely N-dealkylation sites (tertiary alicyclic amines) is 1. The predicted octanol–water partition coefficient (Wildman–Crippen LogP) is 0.780. The van der Waals surface area contributed by atoms with Gasteiger partial charge in [0.25, 0.3) is 5.91 Å². The van der Waals surface area contributed by atoms with Gasteiger partial charge in [-0.2, -0.15) is 0 Å². The molecule has 1 saturated heterocycles. The molecule has 1 aliphatic heterocycles. The van der Waals surface area contributed by atoms with Gasteiger partial charge in [0, 0.05) is 17.8 Å². The number of anilines is 1. The molecule has 0 spiro atoms. The van der Waals surface area contributed by atoms with E-state index in [2.05, 4.69) is 0 Å². The van der Waals surface area contributed by atoms with Crippen molar-refractivity contribution in [3.8, 4) is 0 Å². The van der Waals surface area contributed by atoms with Crippen LogP contribution in [0.4, 0.5) is 5.69 Å². The van der Waals surface area contributed by atoms with Gasteiger partial charge in [-0.3, -0.25) is 9.59 Å². The lowest BCUT2D eigenvalue weighted by molar-refractivity contribution is -0.121. The average Bonchev–Trinajstić information content (AvgIpc) is 2.77. The van der Waals surface area contributed by atoms with Gasteiger partial charge in [0.15, 0.2) is 0 Å². The van der Waals surface area contributed by atoms with Crippen LogP contribution < -0.4 is 11.5 Å². The third-order valence-corrected chi connectivity index (χ3v) is 2.98. The molecule has 2 amide bonds. The van der Waals surface area contributed by atoms with E-state index in [0.717, 1.165) is 6.42 Å². The molecule has 0 bridgehead atoms. The molecule has 18 heavy (non-hydrogen) atoms. The van der Waals surface area contributed by atoms with Gasteiger partial charge in [0.2, 0.25) is 5.91 Å². The molecule has 1 atom stereocenters. The Morgan fingerprint density at radius 3 is 2.67 bits per heavy atom. The van der Waals surface area contributed by atoms with Gasteiger partial charge in [0.1, 0.15) is 6.04 Å². The van der Waals surface area contributed by atoms with Crippen LogP contribution in [0.1, 0.15) is 23.2 Å². The highest BCUT2D eigenvalue weighted by Gasteiger charge is 2.32. The summed E-state index contributed by atoms with van der Waals surface area (Å²) < 4.78 is 0. The van der Waals surface area contributed by atoms with Crippen LogP contribution in [-0.4, -0.2) is 29.3 Å². The Hall–Kier alpha value is -1.75. The summed E-state index contributed by atoms with van der Waals surface area (Å²) in [4.78, 5) is 24.9. The van der Waals surface area contributed by atoms with E-state index in [1.807, 2.05) is 0 Å². The number of benzene rings is 1. The quantitative estimate of drug-likeness (QED) is 0.778. The van der Waals surface area contributed by atoms with E-state index in [9.17, 15) is 9.59 Å². The van der Waals surface area contributed by atoms with Crippen LogP contribution in [0.3, 0.4) is 0 Å². The molecule has 0 radical (unpaired) electrons. The minimum atomic E-state index is -0.482. The van der Waals surface area contributed by atoms with Crippen molar-refractivity contribution >= 4 is 29.9 Å². The van der Waals surface area contributed by atoms with E-state index in [1.165, 1.54) is 4.90 Å². The normalized spacial score (nSPS) is 18.2. The third-order valence-electron chi connectivity index (χ3n) is 2.98. The first-order chi connectivity index (χ1) is 8.09. The zero-order chi connectivity index (χ0) is 12.4. The molecular weight excluding hydrogens is 254 g/mol. The number of carbonyl (C=O) groups excluding carboxylic acids is 2. The van der Waals surface area contributed by atoms with Gasteiger partial charge in [-0.15, -0.1) is 12.4 Å². The van der Waals surface area contributed by atoms with Crippen molar-refractivity contribution in [1.82, 2.24) is 4.90 Å². The number of hydrogen-bond acceptors (Lipinski definition) is 3. The number of hydrogen-bond donors (Lipinski definition) is 2. The number of nitrogens with zero attached hydrogens (tertiary/aromatic N) is 1. The maximum atomic E-state index is 12.2. The molecule has 4 N–H and O–H groups in total. The first-order valence-corrected chi connectivity index (χ1v) is 5.55. The van der Waals surface area contributed by atoms with Crippen molar-refractivity contribution < 1.29 is 9.59 Å². The predicted molar refractivity (Wildman–Crippen MR) is 71.4 cm³/mol. The highest BCUT2D eigenvalue weighted by molar-refractivity contribution is 5.98. The molecule has 1 unspecified atom stereocenters. The Labute approximate surface area is 112 Å². The number of nitrogens with two attached hydrogens (primary N) is 2. The summed E-state index contributed by atoms with van der Waals surface area (Å²) in [5.74, 6) is -0.627. The Kier molecular flexibility index (Phi) is 4.55. The van der Waals surface area contributed by atoms with Crippen LogP contribution in [0.15, 0.2) is 24.3 Å². The number of halogens is 1. The van der Waals surface area contributed by atoms with Gasteiger partial charge < -0.3 is 16.4 Å². The second kappa shape index (κ2) is 5.73. The van der Waals surface area contributed by atoms with E-state index >= 15 is 0 Å². The van der Waals surface area contributed by atoms with Crippen LogP contribution in [0.2, 0.25) is 0 Å². The first-order valence-electron chi connectivity index (χ1n) is 5.55. The lowest BCUT2D eigenvalue weighted by Gasteiger charge is -2.22. The molecular formula is C12H16ClN3O2. The fourth-order valence-electron chi connectivity index (χ4n) is 2.14. The van der Waals surface area contributed by atoms with Gasteiger partial charge in [-0.25, -0.2) is 0 Å². The van der Waals surface area contributed by atoms with Gasteiger partial charge >= 0.3 is 0 Å². The Bertz CT molecular complexity index is 464. The van der Waals surface area contributed by atoms with E-state index in [-0.39, 0.29) is 18.3 Å². The molecule has 5 nitrogen and oxygen atoms in total.